The smallest absolute Gasteiger partial charge is 0.258 e. The number of benzene rings is 1. The first-order valence-electron chi connectivity index (χ1n) is 4.81. The molecule has 0 aliphatic heterocycles. The number of amides is 1. The van der Waals surface area contributed by atoms with Crippen molar-refractivity contribution in [3.05, 3.63) is 51.6 Å². The standard InChI is InChI=1S/C11H6BrClFN3O/c12-8-2-1-6(14)5-7(8)11(18)17-10-9(13)15-3-4-16-10/h1-5H,(H,16,17,18). The number of carbonyl (C=O) groups is 1. The third-order valence-corrected chi connectivity index (χ3v) is 3.03. The van der Waals surface area contributed by atoms with Crippen LogP contribution in [0.3, 0.4) is 0 Å². The first kappa shape index (κ1) is 12.9. The second-order valence-corrected chi connectivity index (χ2v) is 4.49. The maximum absolute atomic E-state index is 13.1. The van der Waals surface area contributed by atoms with Gasteiger partial charge in [-0.1, -0.05) is 11.6 Å². The number of aromatic nitrogens is 2. The van der Waals surface area contributed by atoms with Gasteiger partial charge in [0.15, 0.2) is 11.0 Å². The number of hydrogen-bond donors (Lipinski definition) is 1. The highest BCUT2D eigenvalue weighted by atomic mass is 79.9. The molecule has 0 bridgehead atoms. The molecule has 0 fully saturated rings. The molecule has 0 atom stereocenters. The van der Waals surface area contributed by atoms with Gasteiger partial charge in [-0.15, -0.1) is 0 Å². The van der Waals surface area contributed by atoms with E-state index in [4.69, 9.17) is 11.6 Å². The van der Waals surface area contributed by atoms with E-state index in [0.29, 0.717) is 4.47 Å². The van der Waals surface area contributed by atoms with Crippen molar-refractivity contribution in [1.82, 2.24) is 9.97 Å². The lowest BCUT2D eigenvalue weighted by atomic mass is 10.2. The van der Waals surface area contributed by atoms with Crippen molar-refractivity contribution in [1.29, 1.82) is 0 Å². The minimum Gasteiger partial charge on any atom is -0.304 e. The Morgan fingerprint density at radius 2 is 2.06 bits per heavy atom. The topological polar surface area (TPSA) is 54.9 Å². The zero-order valence-electron chi connectivity index (χ0n) is 8.82. The number of anilines is 1. The van der Waals surface area contributed by atoms with Crippen LogP contribution >= 0.6 is 27.5 Å². The highest BCUT2D eigenvalue weighted by Crippen LogP contribution is 2.20. The number of carbonyl (C=O) groups excluding carboxylic acids is 1. The quantitative estimate of drug-likeness (QED) is 0.919. The van der Waals surface area contributed by atoms with Crippen LogP contribution in [0.4, 0.5) is 10.2 Å². The van der Waals surface area contributed by atoms with Crippen molar-refractivity contribution < 1.29 is 9.18 Å². The molecular weight excluding hydrogens is 324 g/mol. The summed E-state index contributed by atoms with van der Waals surface area (Å²) in [5, 5.41) is 2.52. The summed E-state index contributed by atoms with van der Waals surface area (Å²) in [6.45, 7) is 0. The van der Waals surface area contributed by atoms with Crippen LogP contribution in [0.5, 0.6) is 0 Å². The Labute approximate surface area is 115 Å². The summed E-state index contributed by atoms with van der Waals surface area (Å²) in [6.07, 6.45) is 2.79. The Kier molecular flexibility index (Phi) is 3.88. The zero-order chi connectivity index (χ0) is 13.1. The third kappa shape index (κ3) is 2.83. The number of rotatable bonds is 2. The molecule has 4 nitrogen and oxygen atoms in total. The van der Waals surface area contributed by atoms with Crippen molar-refractivity contribution in [2.24, 2.45) is 0 Å². The lowest BCUT2D eigenvalue weighted by Gasteiger charge is -2.06. The first-order chi connectivity index (χ1) is 8.58. The fourth-order valence-corrected chi connectivity index (χ4v) is 1.83. The maximum Gasteiger partial charge on any atom is 0.258 e. The van der Waals surface area contributed by atoms with Crippen molar-refractivity contribution in [3.8, 4) is 0 Å². The molecule has 0 saturated carbocycles. The molecule has 0 unspecified atom stereocenters. The molecule has 0 saturated heterocycles. The molecule has 1 amide bonds. The maximum atomic E-state index is 13.1. The molecule has 0 aliphatic carbocycles. The number of halogens is 3. The van der Waals surface area contributed by atoms with Gasteiger partial charge in [-0.2, -0.15) is 0 Å². The van der Waals surface area contributed by atoms with Gasteiger partial charge in [0.05, 0.1) is 5.56 Å². The van der Waals surface area contributed by atoms with Crippen LogP contribution in [0.25, 0.3) is 0 Å². The van der Waals surface area contributed by atoms with Crippen LogP contribution < -0.4 is 5.32 Å². The van der Waals surface area contributed by atoms with Crippen molar-refractivity contribution in [3.63, 3.8) is 0 Å². The fraction of sp³-hybridized carbons (Fsp3) is 0. The lowest BCUT2D eigenvalue weighted by molar-refractivity contribution is 0.102. The second-order valence-electron chi connectivity index (χ2n) is 3.27. The summed E-state index contributed by atoms with van der Waals surface area (Å²) in [5.74, 6) is -0.905. The van der Waals surface area contributed by atoms with Gasteiger partial charge in [-0.05, 0) is 34.1 Å². The molecular formula is C11H6BrClFN3O. The van der Waals surface area contributed by atoms with Gasteiger partial charge in [0.25, 0.3) is 5.91 Å². The zero-order valence-corrected chi connectivity index (χ0v) is 11.2. The van der Waals surface area contributed by atoms with Gasteiger partial charge < -0.3 is 5.32 Å². The highest BCUT2D eigenvalue weighted by molar-refractivity contribution is 9.10. The summed E-state index contributed by atoms with van der Waals surface area (Å²) < 4.78 is 13.5. The molecule has 0 spiro atoms. The van der Waals surface area contributed by atoms with Crippen LogP contribution in [0.15, 0.2) is 35.1 Å². The van der Waals surface area contributed by atoms with Gasteiger partial charge >= 0.3 is 0 Å². The Hall–Kier alpha value is -1.53. The van der Waals surface area contributed by atoms with E-state index in [9.17, 15) is 9.18 Å². The van der Waals surface area contributed by atoms with Gasteiger partial charge in [0.1, 0.15) is 5.82 Å². The van der Waals surface area contributed by atoms with E-state index in [0.717, 1.165) is 6.07 Å². The van der Waals surface area contributed by atoms with E-state index >= 15 is 0 Å². The predicted molar refractivity (Wildman–Crippen MR) is 69.1 cm³/mol. The van der Waals surface area contributed by atoms with Gasteiger partial charge in [-0.3, -0.25) is 4.79 Å². The predicted octanol–water partition coefficient (Wildman–Crippen LogP) is 3.28. The van der Waals surface area contributed by atoms with Gasteiger partial charge in [0, 0.05) is 16.9 Å². The summed E-state index contributed by atoms with van der Waals surface area (Å²) >= 11 is 8.92. The van der Waals surface area contributed by atoms with Gasteiger partial charge in [0.2, 0.25) is 0 Å². The molecule has 1 N–H and O–H groups in total. The first-order valence-corrected chi connectivity index (χ1v) is 5.98. The van der Waals surface area contributed by atoms with Crippen LogP contribution in [0.1, 0.15) is 10.4 Å². The molecule has 7 heteroatoms. The summed E-state index contributed by atoms with van der Waals surface area (Å²) in [5.41, 5.74) is 0.150. The Morgan fingerprint density at radius 1 is 1.33 bits per heavy atom. The van der Waals surface area contributed by atoms with Crippen LogP contribution in [-0.2, 0) is 0 Å². The fourth-order valence-electron chi connectivity index (χ4n) is 1.25. The molecule has 1 heterocycles. The minimum absolute atomic E-state index is 0.0679. The molecule has 0 aliphatic rings. The Morgan fingerprint density at radius 3 is 2.78 bits per heavy atom. The SMILES string of the molecule is O=C(Nc1nccnc1Cl)c1cc(F)ccc1Br. The van der Waals surface area contributed by atoms with E-state index < -0.39 is 11.7 Å². The number of hydrogen-bond acceptors (Lipinski definition) is 3. The summed E-state index contributed by atoms with van der Waals surface area (Å²) in [6, 6.07) is 3.81. The van der Waals surface area contributed by atoms with E-state index in [1.54, 1.807) is 0 Å². The molecule has 0 radical (unpaired) electrons. The normalized spacial score (nSPS) is 10.2. The largest absolute Gasteiger partial charge is 0.304 e. The highest BCUT2D eigenvalue weighted by Gasteiger charge is 2.13. The molecule has 18 heavy (non-hydrogen) atoms. The molecule has 1 aromatic heterocycles. The molecule has 2 rings (SSSR count). The monoisotopic (exact) mass is 329 g/mol. The van der Waals surface area contributed by atoms with Crippen LogP contribution in [-0.4, -0.2) is 15.9 Å². The lowest BCUT2D eigenvalue weighted by Crippen LogP contribution is -2.14. The van der Waals surface area contributed by atoms with Crippen molar-refractivity contribution >= 4 is 39.3 Å². The molecule has 1 aromatic carbocycles. The van der Waals surface area contributed by atoms with Crippen LogP contribution in [0.2, 0.25) is 5.15 Å². The molecule has 2 aromatic rings. The number of nitrogens with one attached hydrogen (secondary N) is 1. The van der Waals surface area contributed by atoms with E-state index in [1.807, 2.05) is 0 Å². The van der Waals surface area contributed by atoms with Crippen molar-refractivity contribution in [2.45, 2.75) is 0 Å². The van der Waals surface area contributed by atoms with E-state index in [-0.39, 0.29) is 16.5 Å². The van der Waals surface area contributed by atoms with Gasteiger partial charge in [-0.25, -0.2) is 14.4 Å². The second kappa shape index (κ2) is 5.41. The Bertz CT molecular complexity index is 609. The number of nitrogens with zero attached hydrogens (tertiary/aromatic N) is 2. The average molecular weight is 331 g/mol. The third-order valence-electron chi connectivity index (χ3n) is 2.06. The molecule has 92 valence electrons. The van der Waals surface area contributed by atoms with E-state index in [2.05, 4.69) is 31.2 Å². The van der Waals surface area contributed by atoms with Crippen LogP contribution in [0, 0.1) is 5.82 Å². The summed E-state index contributed by atoms with van der Waals surface area (Å²) in [7, 11) is 0. The Balaban J connectivity index is 2.28. The average Bonchev–Trinajstić information content (AvgIpc) is 2.35. The van der Waals surface area contributed by atoms with E-state index in [1.165, 1.54) is 24.5 Å². The van der Waals surface area contributed by atoms with Crippen molar-refractivity contribution in [2.75, 3.05) is 5.32 Å². The summed E-state index contributed by atoms with van der Waals surface area (Å²) in [4.78, 5) is 19.5. The minimum atomic E-state index is -0.524.